The number of hydrogen-bond acceptors (Lipinski definition) is 4. The van der Waals surface area contributed by atoms with E-state index in [1.807, 2.05) is 0 Å². The van der Waals surface area contributed by atoms with Crippen LogP contribution < -0.4 is 4.72 Å². The summed E-state index contributed by atoms with van der Waals surface area (Å²) in [6, 6.07) is 8.46. The van der Waals surface area contributed by atoms with Crippen molar-refractivity contribution in [1.82, 2.24) is 4.98 Å². The van der Waals surface area contributed by atoms with Crippen LogP contribution in [0.2, 0.25) is 5.02 Å². The van der Waals surface area contributed by atoms with E-state index in [1.54, 1.807) is 41.9 Å². The minimum absolute atomic E-state index is 0.231. The Bertz CT molecular complexity index is 925. The summed E-state index contributed by atoms with van der Waals surface area (Å²) < 4.78 is 28.2. The first kappa shape index (κ1) is 14.8. The van der Waals surface area contributed by atoms with E-state index < -0.39 is 10.0 Å². The van der Waals surface area contributed by atoms with E-state index in [0.29, 0.717) is 26.1 Å². The van der Waals surface area contributed by atoms with Gasteiger partial charge in [-0.25, -0.2) is 8.42 Å². The molecule has 0 aliphatic rings. The van der Waals surface area contributed by atoms with Gasteiger partial charge in [0.05, 0.1) is 16.2 Å². The number of halogens is 2. The van der Waals surface area contributed by atoms with E-state index in [-0.39, 0.29) is 4.21 Å². The first-order valence-corrected chi connectivity index (χ1v) is 9.31. The number of benzene rings is 1. The Balaban J connectivity index is 2.11. The Morgan fingerprint density at radius 3 is 2.76 bits per heavy atom. The molecule has 1 N–H and O–H groups in total. The van der Waals surface area contributed by atoms with Gasteiger partial charge in [-0.2, -0.15) is 0 Å². The molecule has 0 amide bonds. The van der Waals surface area contributed by atoms with Gasteiger partial charge < -0.3 is 0 Å². The number of rotatable bonds is 3. The molecule has 0 saturated carbocycles. The van der Waals surface area contributed by atoms with Crippen LogP contribution in [0.4, 0.5) is 5.69 Å². The van der Waals surface area contributed by atoms with Gasteiger partial charge in [-0.15, -0.1) is 11.3 Å². The summed E-state index contributed by atoms with van der Waals surface area (Å²) in [5, 5.41) is 2.84. The fourth-order valence-electron chi connectivity index (χ4n) is 1.89. The highest BCUT2D eigenvalue weighted by atomic mass is 79.9. The number of hydrogen-bond donors (Lipinski definition) is 1. The molecule has 3 aromatic rings. The second-order valence-corrected chi connectivity index (χ2v) is 8.21. The average Bonchev–Trinajstić information content (AvgIpc) is 2.89. The van der Waals surface area contributed by atoms with Gasteiger partial charge in [-0.05, 0) is 51.6 Å². The van der Waals surface area contributed by atoms with Gasteiger partial charge in [0.25, 0.3) is 10.0 Å². The van der Waals surface area contributed by atoms with Gasteiger partial charge in [0, 0.05) is 16.1 Å². The SMILES string of the molecule is O=S(=O)(Nc1ccc(Cl)c2ncccc12)c1sccc1Br. The van der Waals surface area contributed by atoms with Crippen molar-refractivity contribution in [3.63, 3.8) is 0 Å². The lowest BCUT2D eigenvalue weighted by Gasteiger charge is -2.10. The molecule has 2 heterocycles. The lowest BCUT2D eigenvalue weighted by Crippen LogP contribution is -2.12. The molecule has 4 nitrogen and oxygen atoms in total. The quantitative estimate of drug-likeness (QED) is 0.700. The highest BCUT2D eigenvalue weighted by Gasteiger charge is 2.20. The van der Waals surface area contributed by atoms with Gasteiger partial charge >= 0.3 is 0 Å². The minimum atomic E-state index is -3.65. The standard InChI is InChI=1S/C13H8BrClN2O2S2/c14-9-5-7-20-13(9)21(18,19)17-11-4-3-10(15)12-8(11)2-1-6-16-12/h1-7,17H. The van der Waals surface area contributed by atoms with Crippen LogP contribution in [-0.2, 0) is 10.0 Å². The maximum Gasteiger partial charge on any atom is 0.272 e. The summed E-state index contributed by atoms with van der Waals surface area (Å²) in [7, 11) is -3.65. The van der Waals surface area contributed by atoms with Crippen molar-refractivity contribution in [2.75, 3.05) is 4.72 Å². The summed E-state index contributed by atoms with van der Waals surface area (Å²) in [4.78, 5) is 4.18. The van der Waals surface area contributed by atoms with Gasteiger partial charge in [0.2, 0.25) is 0 Å². The summed E-state index contributed by atoms with van der Waals surface area (Å²) in [6.07, 6.45) is 1.61. The van der Waals surface area contributed by atoms with Crippen LogP contribution in [0.1, 0.15) is 0 Å². The molecular weight excluding hydrogens is 396 g/mol. The van der Waals surface area contributed by atoms with Crippen molar-refractivity contribution in [3.05, 3.63) is 51.4 Å². The predicted octanol–water partition coefficient (Wildman–Crippen LogP) is 4.51. The maximum atomic E-state index is 12.4. The first-order valence-electron chi connectivity index (χ1n) is 5.78. The molecule has 1 aromatic carbocycles. The van der Waals surface area contributed by atoms with Gasteiger partial charge in [-0.1, -0.05) is 11.6 Å². The van der Waals surface area contributed by atoms with Crippen molar-refractivity contribution in [2.45, 2.75) is 4.21 Å². The van der Waals surface area contributed by atoms with Crippen LogP contribution in [0.3, 0.4) is 0 Å². The number of thiophene rings is 1. The monoisotopic (exact) mass is 402 g/mol. The second-order valence-electron chi connectivity index (χ2n) is 4.16. The third kappa shape index (κ3) is 2.78. The number of sulfonamides is 1. The van der Waals surface area contributed by atoms with Crippen LogP contribution in [0.5, 0.6) is 0 Å². The number of anilines is 1. The van der Waals surface area contributed by atoms with E-state index in [1.165, 1.54) is 0 Å². The molecule has 0 atom stereocenters. The molecule has 21 heavy (non-hydrogen) atoms. The van der Waals surface area contributed by atoms with E-state index in [0.717, 1.165) is 11.3 Å². The van der Waals surface area contributed by atoms with E-state index in [4.69, 9.17) is 11.6 Å². The maximum absolute atomic E-state index is 12.4. The number of nitrogens with zero attached hydrogens (tertiary/aromatic N) is 1. The highest BCUT2D eigenvalue weighted by molar-refractivity contribution is 9.10. The molecular formula is C13H8BrClN2O2S2. The number of fused-ring (bicyclic) bond motifs is 1. The summed E-state index contributed by atoms with van der Waals surface area (Å²) in [6.45, 7) is 0. The third-order valence-corrected chi connectivity index (χ3v) is 7.13. The summed E-state index contributed by atoms with van der Waals surface area (Å²) >= 11 is 10.5. The highest BCUT2D eigenvalue weighted by Crippen LogP contribution is 2.32. The molecule has 0 unspecified atom stereocenters. The van der Waals surface area contributed by atoms with Crippen LogP contribution >= 0.6 is 38.9 Å². The Morgan fingerprint density at radius 2 is 2.05 bits per heavy atom. The van der Waals surface area contributed by atoms with Crippen LogP contribution in [-0.4, -0.2) is 13.4 Å². The Kier molecular flexibility index (Phi) is 3.92. The molecule has 0 aliphatic heterocycles. The second kappa shape index (κ2) is 5.57. The van der Waals surface area contributed by atoms with Crippen molar-refractivity contribution in [1.29, 1.82) is 0 Å². The zero-order chi connectivity index (χ0) is 15.0. The fourth-order valence-corrected chi connectivity index (χ4v) is 5.52. The number of aromatic nitrogens is 1. The molecule has 0 saturated heterocycles. The van der Waals surface area contributed by atoms with Gasteiger partial charge in [0.15, 0.2) is 4.21 Å². The van der Waals surface area contributed by atoms with Crippen molar-refractivity contribution in [3.8, 4) is 0 Å². The molecule has 0 spiro atoms. The first-order chi connectivity index (χ1) is 9.99. The molecule has 0 bridgehead atoms. The van der Waals surface area contributed by atoms with Gasteiger partial charge in [-0.3, -0.25) is 9.71 Å². The van der Waals surface area contributed by atoms with Crippen LogP contribution in [0, 0.1) is 0 Å². The number of pyridine rings is 1. The lowest BCUT2D eigenvalue weighted by atomic mass is 10.2. The molecule has 8 heteroatoms. The largest absolute Gasteiger partial charge is 0.278 e. The average molecular weight is 404 g/mol. The van der Waals surface area contributed by atoms with E-state index in [9.17, 15) is 8.42 Å². The number of nitrogens with one attached hydrogen (secondary N) is 1. The van der Waals surface area contributed by atoms with Gasteiger partial charge in [0.1, 0.15) is 0 Å². The van der Waals surface area contributed by atoms with E-state index in [2.05, 4.69) is 25.6 Å². The van der Waals surface area contributed by atoms with Crippen molar-refractivity contribution < 1.29 is 8.42 Å². The molecule has 3 rings (SSSR count). The Hall–Kier alpha value is -1.15. The normalized spacial score (nSPS) is 11.7. The Labute approximate surface area is 139 Å². The van der Waals surface area contributed by atoms with Crippen LogP contribution in [0.25, 0.3) is 10.9 Å². The molecule has 108 valence electrons. The van der Waals surface area contributed by atoms with Crippen molar-refractivity contribution in [2.24, 2.45) is 0 Å². The molecule has 0 aliphatic carbocycles. The zero-order valence-corrected chi connectivity index (χ0v) is 14.4. The van der Waals surface area contributed by atoms with E-state index >= 15 is 0 Å². The smallest absolute Gasteiger partial charge is 0.272 e. The summed E-state index contributed by atoms with van der Waals surface area (Å²) in [5.74, 6) is 0. The summed E-state index contributed by atoms with van der Waals surface area (Å²) in [5.41, 5.74) is 1.01. The Morgan fingerprint density at radius 1 is 1.24 bits per heavy atom. The molecule has 2 aromatic heterocycles. The van der Waals surface area contributed by atoms with Crippen molar-refractivity contribution >= 4 is 65.5 Å². The fraction of sp³-hybridized carbons (Fsp3) is 0. The third-order valence-electron chi connectivity index (χ3n) is 2.79. The zero-order valence-electron chi connectivity index (χ0n) is 10.4. The molecule has 0 radical (unpaired) electrons. The topological polar surface area (TPSA) is 59.1 Å². The molecule has 0 fully saturated rings. The lowest BCUT2D eigenvalue weighted by molar-refractivity contribution is 0.603. The minimum Gasteiger partial charge on any atom is -0.278 e. The van der Waals surface area contributed by atoms with Crippen LogP contribution in [0.15, 0.2) is 50.6 Å². The predicted molar refractivity (Wildman–Crippen MR) is 89.6 cm³/mol.